The molecule has 0 saturated heterocycles. The first-order valence-electron chi connectivity index (χ1n) is 8.98. The molecule has 1 aromatic heterocycles. The summed E-state index contributed by atoms with van der Waals surface area (Å²) in [7, 11) is 1.23. The first kappa shape index (κ1) is 23.8. The minimum atomic E-state index is -5.27. The van der Waals surface area contributed by atoms with Crippen LogP contribution >= 0.6 is 0 Å². The topological polar surface area (TPSA) is 104 Å². The Morgan fingerprint density at radius 2 is 1.71 bits per heavy atom. The average Bonchev–Trinajstić information content (AvgIpc) is 2.92. The van der Waals surface area contributed by atoms with E-state index in [-0.39, 0.29) is 33.6 Å². The quantitative estimate of drug-likeness (QED) is 0.295. The van der Waals surface area contributed by atoms with Crippen LogP contribution in [0.1, 0.15) is 53.5 Å². The predicted octanol–water partition coefficient (Wildman–Crippen LogP) is 4.46. The maximum absolute atomic E-state index is 13.3. The zero-order chi connectivity index (χ0) is 23.8. The molecular weight excluding hydrogens is 419 g/mol. The number of carbonyl (C=O) groups is 2. The van der Waals surface area contributed by atoms with Crippen LogP contribution in [0.25, 0.3) is 5.57 Å². The molecule has 0 aliphatic rings. The zero-order valence-corrected chi connectivity index (χ0v) is 17.7. The molecule has 0 saturated carbocycles. The Morgan fingerprint density at radius 1 is 1.13 bits per heavy atom. The van der Waals surface area contributed by atoms with Crippen LogP contribution in [-0.2, 0) is 11.8 Å². The van der Waals surface area contributed by atoms with Crippen LogP contribution in [-0.4, -0.2) is 32.6 Å². The predicted molar refractivity (Wildman–Crippen MR) is 105 cm³/mol. The molecule has 11 heteroatoms. The van der Waals surface area contributed by atoms with Gasteiger partial charge in [0.05, 0.1) is 16.2 Å². The summed E-state index contributed by atoms with van der Waals surface area (Å²) in [5, 5.41) is 15.4. The lowest BCUT2D eigenvalue weighted by atomic mass is 9.90. The zero-order valence-electron chi connectivity index (χ0n) is 17.7. The number of nitrogens with zero attached hydrogens (tertiary/aromatic N) is 3. The summed E-state index contributed by atoms with van der Waals surface area (Å²) in [6.45, 7) is 8.07. The summed E-state index contributed by atoms with van der Waals surface area (Å²) < 4.78 is 43.3. The van der Waals surface area contributed by atoms with Gasteiger partial charge in [-0.15, -0.1) is 0 Å². The number of hydrogen-bond acceptors (Lipinski definition) is 6. The summed E-state index contributed by atoms with van der Waals surface area (Å²) >= 11 is 0. The number of nitro groups is 1. The summed E-state index contributed by atoms with van der Waals surface area (Å²) in [5.41, 5.74) is 1.40. The van der Waals surface area contributed by atoms with E-state index in [9.17, 15) is 32.9 Å². The van der Waals surface area contributed by atoms with Crippen molar-refractivity contribution in [1.82, 2.24) is 9.78 Å². The molecule has 8 nitrogen and oxygen atoms in total. The van der Waals surface area contributed by atoms with Crippen molar-refractivity contribution >= 4 is 23.0 Å². The number of rotatable bonds is 5. The van der Waals surface area contributed by atoms with E-state index < -0.39 is 28.7 Å². The molecular formula is C20H20F3N3O5. The van der Waals surface area contributed by atoms with Gasteiger partial charge in [-0.25, -0.2) is 9.48 Å². The van der Waals surface area contributed by atoms with E-state index in [1.165, 1.54) is 27.0 Å². The van der Waals surface area contributed by atoms with Gasteiger partial charge < -0.3 is 4.74 Å². The molecule has 0 atom stereocenters. The van der Waals surface area contributed by atoms with E-state index in [0.717, 1.165) is 16.3 Å². The number of ketones is 1. The number of esters is 1. The van der Waals surface area contributed by atoms with Crippen molar-refractivity contribution in [3.05, 3.63) is 55.8 Å². The fraction of sp³-hybridized carbons (Fsp3) is 0.350. The van der Waals surface area contributed by atoms with Gasteiger partial charge in [0.15, 0.2) is 0 Å². The standard InChI is InChI=1S/C20H20F3N3O5/c1-9(2)10(3)15-11(4)13(7-8-14(15)26(29)30)17(27)16-12(5)24-25(6)18(16)31-19(28)20(21,22)23/h7-8H,1-6H3. The number of halogens is 3. The average molecular weight is 439 g/mol. The summed E-state index contributed by atoms with van der Waals surface area (Å²) in [4.78, 5) is 35.5. The van der Waals surface area contributed by atoms with Crippen molar-refractivity contribution in [3.63, 3.8) is 0 Å². The van der Waals surface area contributed by atoms with E-state index in [0.29, 0.717) is 5.57 Å². The number of hydrogen-bond donors (Lipinski definition) is 0. The second kappa shape index (κ2) is 8.32. The molecule has 0 unspecified atom stereocenters. The molecule has 0 fully saturated rings. The molecule has 0 bridgehead atoms. The summed E-state index contributed by atoms with van der Waals surface area (Å²) in [6.07, 6.45) is -5.27. The molecule has 166 valence electrons. The highest BCUT2D eigenvalue weighted by atomic mass is 19.4. The molecule has 0 aliphatic carbocycles. The molecule has 1 aromatic carbocycles. The van der Waals surface area contributed by atoms with Crippen LogP contribution in [0.5, 0.6) is 5.88 Å². The molecule has 0 N–H and O–H groups in total. The molecule has 2 rings (SSSR count). The monoisotopic (exact) mass is 439 g/mol. The summed E-state index contributed by atoms with van der Waals surface area (Å²) in [6, 6.07) is 2.38. The third-order valence-corrected chi connectivity index (χ3v) is 4.83. The van der Waals surface area contributed by atoms with E-state index >= 15 is 0 Å². The third kappa shape index (κ3) is 4.49. The highest BCUT2D eigenvalue weighted by Crippen LogP contribution is 2.35. The fourth-order valence-electron chi connectivity index (χ4n) is 3.11. The Kier molecular flexibility index (Phi) is 6.38. The molecule has 2 aromatic rings. The lowest BCUT2D eigenvalue weighted by Crippen LogP contribution is -2.29. The van der Waals surface area contributed by atoms with E-state index in [2.05, 4.69) is 9.84 Å². The number of ether oxygens (including phenoxy) is 1. The number of aryl methyl sites for hydroxylation is 2. The Hall–Kier alpha value is -3.50. The van der Waals surface area contributed by atoms with E-state index in [4.69, 9.17) is 0 Å². The molecule has 31 heavy (non-hydrogen) atoms. The fourth-order valence-corrected chi connectivity index (χ4v) is 3.11. The highest BCUT2D eigenvalue weighted by Gasteiger charge is 2.43. The number of benzene rings is 1. The van der Waals surface area contributed by atoms with Crippen LogP contribution in [0, 0.1) is 24.0 Å². The molecule has 0 spiro atoms. The lowest BCUT2D eigenvalue weighted by Gasteiger charge is -2.14. The second-order valence-corrected chi connectivity index (χ2v) is 7.12. The first-order valence-corrected chi connectivity index (χ1v) is 8.98. The minimum Gasteiger partial charge on any atom is -0.400 e. The van der Waals surface area contributed by atoms with Gasteiger partial charge in [-0.3, -0.25) is 14.9 Å². The van der Waals surface area contributed by atoms with Gasteiger partial charge in [0, 0.05) is 18.7 Å². The Labute approximate surface area is 175 Å². The van der Waals surface area contributed by atoms with Gasteiger partial charge in [0.2, 0.25) is 11.7 Å². The minimum absolute atomic E-state index is 0.0154. The number of nitro benzene ring substituents is 1. The Bertz CT molecular complexity index is 1130. The number of aromatic nitrogens is 2. The van der Waals surface area contributed by atoms with Crippen molar-refractivity contribution in [2.45, 2.75) is 40.8 Å². The smallest absolute Gasteiger partial charge is 0.400 e. The SMILES string of the molecule is CC(C)=C(C)c1c([N+](=O)[O-])ccc(C(=O)c2c(C)nn(C)c2OC(=O)C(F)(F)F)c1C. The van der Waals surface area contributed by atoms with Gasteiger partial charge in [0.25, 0.3) is 5.69 Å². The van der Waals surface area contributed by atoms with Crippen LogP contribution < -0.4 is 4.74 Å². The maximum atomic E-state index is 13.3. The Balaban J connectivity index is 2.72. The van der Waals surface area contributed by atoms with Gasteiger partial charge in [-0.1, -0.05) is 5.57 Å². The maximum Gasteiger partial charge on any atom is 0.491 e. The van der Waals surface area contributed by atoms with Crippen LogP contribution in [0.4, 0.5) is 18.9 Å². The molecule has 0 aliphatic heterocycles. The summed E-state index contributed by atoms with van der Waals surface area (Å²) in [5.74, 6) is -3.93. The molecule has 0 radical (unpaired) electrons. The van der Waals surface area contributed by atoms with Crippen LogP contribution in [0.3, 0.4) is 0 Å². The first-order chi connectivity index (χ1) is 14.2. The molecule has 0 amide bonds. The number of carbonyl (C=O) groups excluding carboxylic acids is 2. The van der Waals surface area contributed by atoms with Crippen molar-refractivity contribution in [2.75, 3.05) is 0 Å². The van der Waals surface area contributed by atoms with Gasteiger partial charge in [-0.2, -0.15) is 18.3 Å². The van der Waals surface area contributed by atoms with Gasteiger partial charge >= 0.3 is 12.1 Å². The number of allylic oxidation sites excluding steroid dienone is 2. The van der Waals surface area contributed by atoms with Gasteiger partial charge in [-0.05, 0) is 51.8 Å². The normalized spacial score (nSPS) is 11.3. The lowest BCUT2D eigenvalue weighted by molar-refractivity contribution is -0.385. The number of alkyl halides is 3. The largest absolute Gasteiger partial charge is 0.491 e. The van der Waals surface area contributed by atoms with Crippen LogP contribution in [0.15, 0.2) is 17.7 Å². The third-order valence-electron chi connectivity index (χ3n) is 4.83. The van der Waals surface area contributed by atoms with Crippen LogP contribution in [0.2, 0.25) is 0 Å². The van der Waals surface area contributed by atoms with E-state index in [1.54, 1.807) is 20.8 Å². The second-order valence-electron chi connectivity index (χ2n) is 7.12. The van der Waals surface area contributed by atoms with Crippen molar-refractivity contribution < 1.29 is 32.4 Å². The van der Waals surface area contributed by atoms with E-state index in [1.807, 2.05) is 0 Å². The van der Waals surface area contributed by atoms with Crippen molar-refractivity contribution in [1.29, 1.82) is 0 Å². The van der Waals surface area contributed by atoms with Gasteiger partial charge in [0.1, 0.15) is 5.56 Å². The molecule has 1 heterocycles. The highest BCUT2D eigenvalue weighted by molar-refractivity contribution is 6.13. The van der Waals surface area contributed by atoms with Crippen molar-refractivity contribution in [2.24, 2.45) is 7.05 Å². The Morgan fingerprint density at radius 3 is 2.19 bits per heavy atom. The van der Waals surface area contributed by atoms with Crippen molar-refractivity contribution in [3.8, 4) is 5.88 Å².